The van der Waals surface area contributed by atoms with Crippen molar-refractivity contribution >= 4 is 16.2 Å². The summed E-state index contributed by atoms with van der Waals surface area (Å²) in [5.74, 6) is 0.504. The summed E-state index contributed by atoms with van der Waals surface area (Å²) < 4.78 is 68.0. The van der Waals surface area contributed by atoms with Gasteiger partial charge in [0.25, 0.3) is 10.0 Å². The van der Waals surface area contributed by atoms with Crippen molar-refractivity contribution in [1.29, 1.82) is 0 Å². The van der Waals surface area contributed by atoms with Gasteiger partial charge in [-0.05, 0) is 37.3 Å². The van der Waals surface area contributed by atoms with Gasteiger partial charge in [0, 0.05) is 5.56 Å². The van der Waals surface area contributed by atoms with Gasteiger partial charge in [-0.15, -0.1) is 0 Å². The summed E-state index contributed by atoms with van der Waals surface area (Å²) in [7, 11) is -4.00. The minimum absolute atomic E-state index is 0.0859. The first-order chi connectivity index (χ1) is 11.7. The maximum atomic E-state index is 12.9. The van der Waals surface area contributed by atoms with E-state index in [-0.39, 0.29) is 10.5 Å². The van der Waals surface area contributed by atoms with Crippen molar-refractivity contribution in [3.63, 3.8) is 0 Å². The van der Waals surface area contributed by atoms with Crippen LogP contribution in [-0.2, 0) is 16.2 Å². The Kier molecular flexibility index (Phi) is 5.68. The first kappa shape index (κ1) is 18.8. The van der Waals surface area contributed by atoms with Crippen LogP contribution in [0.1, 0.15) is 18.1 Å². The Morgan fingerprint density at radius 3 is 2.36 bits per heavy atom. The molecule has 0 saturated heterocycles. The van der Waals surface area contributed by atoms with Gasteiger partial charge in [0.15, 0.2) is 0 Å². The largest absolute Gasteiger partial charge is 0.494 e. The standard InChI is InChI=1S/C16H15F3N2O3S/c1-2-24-13-7-9-14(10-8-13)25(22,23)21-20-11-12-5-3-4-6-15(12)16(17,18)19/h3-11,21H,2H2,1H3. The second kappa shape index (κ2) is 7.56. The Morgan fingerprint density at radius 2 is 1.76 bits per heavy atom. The smallest absolute Gasteiger partial charge is 0.417 e. The fraction of sp³-hybridized carbons (Fsp3) is 0.188. The van der Waals surface area contributed by atoms with E-state index in [4.69, 9.17) is 4.74 Å². The fourth-order valence-electron chi connectivity index (χ4n) is 1.97. The predicted molar refractivity (Wildman–Crippen MR) is 87.0 cm³/mol. The summed E-state index contributed by atoms with van der Waals surface area (Å²) in [6.45, 7) is 2.23. The Morgan fingerprint density at radius 1 is 1.12 bits per heavy atom. The summed E-state index contributed by atoms with van der Waals surface area (Å²) in [6, 6.07) is 10.3. The molecule has 25 heavy (non-hydrogen) atoms. The number of hydrazone groups is 1. The molecule has 0 fully saturated rings. The Bertz CT molecular complexity index is 848. The molecule has 0 heterocycles. The normalized spacial score (nSPS) is 12.3. The first-order valence-electron chi connectivity index (χ1n) is 7.18. The molecule has 134 valence electrons. The number of sulfonamides is 1. The van der Waals surface area contributed by atoms with Gasteiger partial charge in [-0.25, -0.2) is 4.83 Å². The second-order valence-electron chi connectivity index (χ2n) is 4.84. The molecule has 2 aromatic carbocycles. The highest BCUT2D eigenvalue weighted by Crippen LogP contribution is 2.31. The topological polar surface area (TPSA) is 67.8 Å². The quantitative estimate of drug-likeness (QED) is 0.624. The van der Waals surface area contributed by atoms with Crippen LogP contribution in [-0.4, -0.2) is 21.2 Å². The van der Waals surface area contributed by atoms with E-state index in [0.717, 1.165) is 12.3 Å². The molecule has 0 radical (unpaired) electrons. The van der Waals surface area contributed by atoms with Crippen LogP contribution in [0.3, 0.4) is 0 Å². The van der Waals surface area contributed by atoms with E-state index in [9.17, 15) is 21.6 Å². The van der Waals surface area contributed by atoms with E-state index >= 15 is 0 Å². The third kappa shape index (κ3) is 4.96. The molecule has 0 aliphatic carbocycles. The molecule has 1 N–H and O–H groups in total. The van der Waals surface area contributed by atoms with E-state index in [0.29, 0.717) is 12.4 Å². The van der Waals surface area contributed by atoms with Crippen molar-refractivity contribution in [2.45, 2.75) is 18.0 Å². The zero-order chi connectivity index (χ0) is 18.5. The molecule has 0 amide bonds. The van der Waals surface area contributed by atoms with Crippen LogP contribution < -0.4 is 9.57 Å². The lowest BCUT2D eigenvalue weighted by atomic mass is 10.1. The summed E-state index contributed by atoms with van der Waals surface area (Å²) in [5.41, 5.74) is -1.15. The lowest BCUT2D eigenvalue weighted by molar-refractivity contribution is -0.137. The number of halogens is 3. The van der Waals surface area contributed by atoms with Crippen LogP contribution >= 0.6 is 0 Å². The number of ether oxygens (including phenoxy) is 1. The van der Waals surface area contributed by atoms with Gasteiger partial charge < -0.3 is 4.74 Å². The van der Waals surface area contributed by atoms with Crippen molar-refractivity contribution in [3.8, 4) is 5.75 Å². The van der Waals surface area contributed by atoms with Gasteiger partial charge >= 0.3 is 6.18 Å². The lowest BCUT2D eigenvalue weighted by Gasteiger charge is -2.09. The molecule has 5 nitrogen and oxygen atoms in total. The SMILES string of the molecule is CCOc1ccc(S(=O)(=O)NN=Cc2ccccc2C(F)(F)F)cc1. The van der Waals surface area contributed by atoms with Gasteiger partial charge in [0.1, 0.15) is 5.75 Å². The summed E-state index contributed by atoms with van der Waals surface area (Å²) in [4.78, 5) is 1.80. The lowest BCUT2D eigenvalue weighted by Crippen LogP contribution is -2.18. The highest BCUT2D eigenvalue weighted by molar-refractivity contribution is 7.89. The van der Waals surface area contributed by atoms with Crippen molar-refractivity contribution in [2.24, 2.45) is 5.10 Å². The Balaban J connectivity index is 2.16. The number of hydrogen-bond donors (Lipinski definition) is 1. The van der Waals surface area contributed by atoms with Gasteiger partial charge in [0.05, 0.1) is 23.3 Å². The highest BCUT2D eigenvalue weighted by Gasteiger charge is 2.32. The molecule has 2 aromatic rings. The summed E-state index contributed by atoms with van der Waals surface area (Å²) in [5, 5.41) is 3.43. The van der Waals surface area contributed by atoms with Crippen LogP contribution in [0.15, 0.2) is 58.5 Å². The number of benzene rings is 2. The minimum atomic E-state index is -4.56. The Hall–Kier alpha value is -2.55. The molecule has 0 aliphatic heterocycles. The monoisotopic (exact) mass is 372 g/mol. The zero-order valence-corrected chi connectivity index (χ0v) is 13.9. The van der Waals surface area contributed by atoms with Crippen molar-refractivity contribution in [1.82, 2.24) is 4.83 Å². The van der Waals surface area contributed by atoms with E-state index in [1.165, 1.54) is 42.5 Å². The van der Waals surface area contributed by atoms with Crippen LogP contribution in [0.5, 0.6) is 5.75 Å². The Labute approximate surface area is 143 Å². The molecule has 0 aromatic heterocycles. The molecule has 9 heteroatoms. The van der Waals surface area contributed by atoms with Crippen molar-refractivity contribution < 1.29 is 26.3 Å². The summed E-state index contributed by atoms with van der Waals surface area (Å²) in [6.07, 6.45) is -3.74. The number of nitrogens with one attached hydrogen (secondary N) is 1. The van der Waals surface area contributed by atoms with Crippen LogP contribution in [0.4, 0.5) is 13.2 Å². The van der Waals surface area contributed by atoms with E-state index in [1.54, 1.807) is 6.92 Å². The molecule has 0 unspecified atom stereocenters. The van der Waals surface area contributed by atoms with Gasteiger partial charge in [-0.1, -0.05) is 18.2 Å². The number of rotatable bonds is 6. The molecule has 0 atom stereocenters. The van der Waals surface area contributed by atoms with E-state index in [2.05, 4.69) is 5.10 Å². The van der Waals surface area contributed by atoms with Crippen LogP contribution in [0, 0.1) is 0 Å². The van der Waals surface area contributed by atoms with E-state index < -0.39 is 21.8 Å². The molecule has 0 aliphatic rings. The van der Waals surface area contributed by atoms with Crippen LogP contribution in [0.2, 0.25) is 0 Å². The predicted octanol–water partition coefficient (Wildman–Crippen LogP) is 3.42. The third-order valence-corrected chi connectivity index (χ3v) is 4.33. The molecule has 0 spiro atoms. The molecule has 0 saturated carbocycles. The van der Waals surface area contributed by atoms with Gasteiger partial charge in [-0.2, -0.15) is 26.7 Å². The second-order valence-corrected chi connectivity index (χ2v) is 6.50. The molecular formula is C16H15F3N2O3S. The van der Waals surface area contributed by atoms with Gasteiger partial charge in [0.2, 0.25) is 0 Å². The molecular weight excluding hydrogens is 357 g/mol. The molecule has 0 bridgehead atoms. The van der Waals surface area contributed by atoms with Gasteiger partial charge in [-0.3, -0.25) is 0 Å². The van der Waals surface area contributed by atoms with Crippen molar-refractivity contribution in [2.75, 3.05) is 6.61 Å². The summed E-state index contributed by atoms with van der Waals surface area (Å²) >= 11 is 0. The first-order valence-corrected chi connectivity index (χ1v) is 8.66. The number of nitrogens with zero attached hydrogens (tertiary/aromatic N) is 1. The maximum Gasteiger partial charge on any atom is 0.417 e. The third-order valence-electron chi connectivity index (χ3n) is 3.09. The van der Waals surface area contributed by atoms with Crippen molar-refractivity contribution in [3.05, 3.63) is 59.7 Å². The zero-order valence-electron chi connectivity index (χ0n) is 13.1. The minimum Gasteiger partial charge on any atom is -0.494 e. The maximum absolute atomic E-state index is 12.9. The van der Waals surface area contributed by atoms with E-state index in [1.807, 2.05) is 4.83 Å². The van der Waals surface area contributed by atoms with Crippen LogP contribution in [0.25, 0.3) is 0 Å². The number of hydrogen-bond acceptors (Lipinski definition) is 4. The fourth-order valence-corrected chi connectivity index (χ4v) is 2.76. The highest BCUT2D eigenvalue weighted by atomic mass is 32.2. The molecule has 2 rings (SSSR count). The average molecular weight is 372 g/mol. The number of alkyl halides is 3. The average Bonchev–Trinajstić information content (AvgIpc) is 2.55.